The van der Waals surface area contributed by atoms with Crippen molar-refractivity contribution in [1.29, 1.82) is 0 Å². The van der Waals surface area contributed by atoms with Gasteiger partial charge in [0.15, 0.2) is 0 Å². The first kappa shape index (κ1) is 17.0. The van der Waals surface area contributed by atoms with Crippen LogP contribution in [0.15, 0.2) is 70.6 Å². The third-order valence-electron chi connectivity index (χ3n) is 4.54. The van der Waals surface area contributed by atoms with Crippen molar-refractivity contribution in [3.63, 3.8) is 0 Å². The predicted molar refractivity (Wildman–Crippen MR) is 109 cm³/mol. The van der Waals surface area contributed by atoms with Crippen molar-refractivity contribution in [2.45, 2.75) is 19.8 Å². The van der Waals surface area contributed by atoms with Crippen molar-refractivity contribution in [1.82, 2.24) is 9.66 Å². The van der Waals surface area contributed by atoms with E-state index in [9.17, 15) is 9.90 Å². The number of phenolic OH excluding ortho intramolecular Hbond substituents is 1. The fourth-order valence-electron chi connectivity index (χ4n) is 3.21. The molecule has 0 spiro atoms. The number of aromatic nitrogens is 2. The van der Waals surface area contributed by atoms with Gasteiger partial charge in [-0.15, -0.1) is 0 Å². The number of aromatic hydroxyl groups is 1. The fraction of sp³-hybridized carbons (Fsp3) is 0.136. The molecule has 0 saturated heterocycles. The maximum Gasteiger partial charge on any atom is 0.282 e. The van der Waals surface area contributed by atoms with E-state index in [-0.39, 0.29) is 11.3 Å². The van der Waals surface area contributed by atoms with E-state index in [1.54, 1.807) is 12.1 Å². The lowest BCUT2D eigenvalue weighted by atomic mass is 10.0. The summed E-state index contributed by atoms with van der Waals surface area (Å²) < 4.78 is 1.34. The van der Waals surface area contributed by atoms with Gasteiger partial charge in [0.2, 0.25) is 0 Å². The minimum atomic E-state index is -0.208. The fourth-order valence-corrected chi connectivity index (χ4v) is 3.21. The largest absolute Gasteiger partial charge is 0.507 e. The Morgan fingerprint density at radius 2 is 1.78 bits per heavy atom. The molecule has 27 heavy (non-hydrogen) atoms. The number of fused-ring (bicyclic) bond motifs is 2. The molecule has 0 bridgehead atoms. The molecule has 0 aliphatic carbocycles. The van der Waals surface area contributed by atoms with Crippen molar-refractivity contribution in [2.75, 3.05) is 0 Å². The molecule has 0 unspecified atom stereocenters. The Morgan fingerprint density at radius 3 is 2.59 bits per heavy atom. The molecule has 1 heterocycles. The van der Waals surface area contributed by atoms with Gasteiger partial charge in [0, 0.05) is 12.0 Å². The predicted octanol–water partition coefficient (Wildman–Crippen LogP) is 4.09. The molecular formula is C22H19N3O2. The zero-order valence-electron chi connectivity index (χ0n) is 15.0. The van der Waals surface area contributed by atoms with Gasteiger partial charge in [0.1, 0.15) is 11.6 Å². The number of phenols is 1. The summed E-state index contributed by atoms with van der Waals surface area (Å²) >= 11 is 0. The summed E-state index contributed by atoms with van der Waals surface area (Å²) in [7, 11) is 0. The Morgan fingerprint density at radius 1 is 1.04 bits per heavy atom. The molecule has 0 amide bonds. The zero-order chi connectivity index (χ0) is 18.8. The minimum absolute atomic E-state index is 0.122. The summed E-state index contributed by atoms with van der Waals surface area (Å²) in [6, 6.07) is 18.5. The van der Waals surface area contributed by atoms with Gasteiger partial charge in [0.25, 0.3) is 5.56 Å². The Balaban J connectivity index is 1.91. The molecule has 0 radical (unpaired) electrons. The van der Waals surface area contributed by atoms with Crippen LogP contribution in [0, 0.1) is 0 Å². The molecule has 0 aliphatic heterocycles. The molecule has 0 atom stereocenters. The van der Waals surface area contributed by atoms with Crippen LogP contribution in [0.1, 0.15) is 24.7 Å². The van der Waals surface area contributed by atoms with E-state index in [0.717, 1.165) is 17.2 Å². The van der Waals surface area contributed by atoms with Crippen LogP contribution in [0.25, 0.3) is 21.7 Å². The summed E-state index contributed by atoms with van der Waals surface area (Å²) in [5.74, 6) is 0.730. The Labute approximate surface area is 156 Å². The van der Waals surface area contributed by atoms with Gasteiger partial charge in [-0.3, -0.25) is 4.79 Å². The summed E-state index contributed by atoms with van der Waals surface area (Å²) in [6.45, 7) is 2.03. The highest BCUT2D eigenvalue weighted by atomic mass is 16.3. The first-order valence-corrected chi connectivity index (χ1v) is 8.95. The summed E-state index contributed by atoms with van der Waals surface area (Å²) in [5.41, 5.74) is 1.04. The van der Waals surface area contributed by atoms with Crippen LogP contribution in [0.5, 0.6) is 5.75 Å². The zero-order valence-corrected chi connectivity index (χ0v) is 15.0. The molecule has 5 nitrogen and oxygen atoms in total. The lowest BCUT2D eigenvalue weighted by Crippen LogP contribution is -2.22. The molecular weight excluding hydrogens is 338 g/mol. The Bertz CT molecular complexity index is 1230. The molecule has 0 fully saturated rings. The van der Waals surface area contributed by atoms with Crippen LogP contribution < -0.4 is 5.56 Å². The summed E-state index contributed by atoms with van der Waals surface area (Å²) in [5, 5.41) is 17.1. The van der Waals surface area contributed by atoms with E-state index in [4.69, 9.17) is 0 Å². The monoisotopic (exact) mass is 357 g/mol. The molecule has 1 N–H and O–H groups in total. The van der Waals surface area contributed by atoms with Crippen LogP contribution in [-0.2, 0) is 6.42 Å². The smallest absolute Gasteiger partial charge is 0.282 e. The maximum atomic E-state index is 12.9. The molecule has 3 aromatic carbocycles. The third-order valence-corrected chi connectivity index (χ3v) is 4.54. The van der Waals surface area contributed by atoms with E-state index in [1.165, 1.54) is 10.9 Å². The first-order valence-electron chi connectivity index (χ1n) is 8.95. The normalized spacial score (nSPS) is 11.6. The van der Waals surface area contributed by atoms with Crippen molar-refractivity contribution in [2.24, 2.45) is 5.10 Å². The highest BCUT2D eigenvalue weighted by Crippen LogP contribution is 2.25. The average Bonchev–Trinajstić information content (AvgIpc) is 2.69. The van der Waals surface area contributed by atoms with Crippen molar-refractivity contribution < 1.29 is 5.11 Å². The number of para-hydroxylation sites is 1. The van der Waals surface area contributed by atoms with Gasteiger partial charge in [-0.1, -0.05) is 49.4 Å². The molecule has 134 valence electrons. The van der Waals surface area contributed by atoms with Gasteiger partial charge in [0.05, 0.1) is 17.1 Å². The molecule has 4 rings (SSSR count). The molecule has 0 saturated carbocycles. The van der Waals surface area contributed by atoms with E-state index in [2.05, 4.69) is 10.1 Å². The SMILES string of the molecule is CCCc1nc2ccccc2c(=O)n1/N=C\c1c(O)ccc2ccccc12. The van der Waals surface area contributed by atoms with E-state index in [0.29, 0.717) is 28.7 Å². The number of hydrogen-bond donors (Lipinski definition) is 1. The maximum absolute atomic E-state index is 12.9. The van der Waals surface area contributed by atoms with Gasteiger partial charge < -0.3 is 5.11 Å². The minimum Gasteiger partial charge on any atom is -0.507 e. The van der Waals surface area contributed by atoms with Crippen molar-refractivity contribution >= 4 is 27.9 Å². The van der Waals surface area contributed by atoms with E-state index < -0.39 is 0 Å². The summed E-state index contributed by atoms with van der Waals surface area (Å²) in [4.78, 5) is 17.6. The second kappa shape index (κ2) is 7.03. The lowest BCUT2D eigenvalue weighted by Gasteiger charge is -2.09. The van der Waals surface area contributed by atoms with Gasteiger partial charge >= 0.3 is 0 Å². The van der Waals surface area contributed by atoms with Crippen LogP contribution in [0.4, 0.5) is 0 Å². The van der Waals surface area contributed by atoms with Crippen molar-refractivity contribution in [3.8, 4) is 5.75 Å². The van der Waals surface area contributed by atoms with Crippen LogP contribution >= 0.6 is 0 Å². The topological polar surface area (TPSA) is 67.5 Å². The quantitative estimate of drug-likeness (QED) is 0.559. The summed E-state index contributed by atoms with van der Waals surface area (Å²) in [6.07, 6.45) is 3.02. The molecule has 1 aromatic heterocycles. The number of benzene rings is 3. The second-order valence-corrected chi connectivity index (χ2v) is 6.38. The molecule has 5 heteroatoms. The highest BCUT2D eigenvalue weighted by molar-refractivity contribution is 6.02. The second-order valence-electron chi connectivity index (χ2n) is 6.38. The molecule has 4 aromatic rings. The average molecular weight is 357 g/mol. The van der Waals surface area contributed by atoms with Gasteiger partial charge in [-0.2, -0.15) is 9.78 Å². The number of hydrogen-bond acceptors (Lipinski definition) is 4. The Hall–Kier alpha value is -3.47. The first-order chi connectivity index (χ1) is 13.2. The van der Waals surface area contributed by atoms with Crippen LogP contribution in [0.2, 0.25) is 0 Å². The Kier molecular flexibility index (Phi) is 4.42. The number of rotatable bonds is 4. The third kappa shape index (κ3) is 3.08. The van der Waals surface area contributed by atoms with Gasteiger partial charge in [-0.25, -0.2) is 4.98 Å². The van der Waals surface area contributed by atoms with Crippen LogP contribution in [-0.4, -0.2) is 21.0 Å². The molecule has 0 aliphatic rings. The van der Waals surface area contributed by atoms with E-state index >= 15 is 0 Å². The number of nitrogens with zero attached hydrogens (tertiary/aromatic N) is 3. The van der Waals surface area contributed by atoms with Crippen LogP contribution in [0.3, 0.4) is 0 Å². The highest BCUT2D eigenvalue weighted by Gasteiger charge is 2.10. The van der Waals surface area contributed by atoms with E-state index in [1.807, 2.05) is 55.5 Å². The lowest BCUT2D eigenvalue weighted by molar-refractivity contribution is 0.475. The number of aryl methyl sites for hydroxylation is 1. The van der Waals surface area contributed by atoms with Crippen molar-refractivity contribution in [3.05, 3.63) is 82.4 Å². The van der Waals surface area contributed by atoms with Gasteiger partial charge in [-0.05, 0) is 35.4 Å². The standard InChI is InChI=1S/C22H19N3O2/c1-2-7-21-24-19-11-6-5-10-17(19)22(27)25(21)23-14-18-16-9-4-3-8-15(16)12-13-20(18)26/h3-6,8-14,26H,2,7H2,1H3/b23-14-.